The molecule has 0 heterocycles. The first-order valence-electron chi connectivity index (χ1n) is 7.04. The second-order valence-electron chi connectivity index (χ2n) is 5.01. The lowest BCUT2D eigenvalue weighted by molar-refractivity contribution is -0.0612. The van der Waals surface area contributed by atoms with Crippen LogP contribution in [0.3, 0.4) is 0 Å². The molecule has 0 aromatic carbocycles. The zero-order chi connectivity index (χ0) is 15.3. The third-order valence-electron chi connectivity index (χ3n) is 3.54. The van der Waals surface area contributed by atoms with Crippen LogP contribution in [0, 0.1) is 0 Å². The Morgan fingerprint density at radius 2 is 2.24 bits per heavy atom. The van der Waals surface area contributed by atoms with Gasteiger partial charge in [-0.1, -0.05) is 24.3 Å². The van der Waals surface area contributed by atoms with E-state index in [0.29, 0.717) is 11.3 Å². The van der Waals surface area contributed by atoms with Gasteiger partial charge in [-0.05, 0) is 43.4 Å². The van der Waals surface area contributed by atoms with E-state index in [1.54, 1.807) is 6.08 Å². The molecule has 0 fully saturated rings. The fourth-order valence-corrected chi connectivity index (χ4v) is 3.59. The Hall–Kier alpha value is -1.21. The predicted molar refractivity (Wildman–Crippen MR) is 81.8 cm³/mol. The molecular formula is C15H21NO4S. The van der Waals surface area contributed by atoms with Gasteiger partial charge in [-0.15, -0.1) is 0 Å². The summed E-state index contributed by atoms with van der Waals surface area (Å²) >= 11 is 0. The Morgan fingerprint density at radius 3 is 3.00 bits per heavy atom. The maximum atomic E-state index is 12.2. The molecule has 1 atom stereocenters. The second-order valence-corrected chi connectivity index (χ2v) is 6.83. The topological polar surface area (TPSA) is 75.6 Å². The summed E-state index contributed by atoms with van der Waals surface area (Å²) in [5.74, 6) is 0. The minimum absolute atomic E-state index is 0.0908. The van der Waals surface area contributed by atoms with Crippen molar-refractivity contribution in [2.75, 3.05) is 13.2 Å². The van der Waals surface area contributed by atoms with Crippen molar-refractivity contribution >= 4 is 10.0 Å². The average Bonchev–Trinajstić information content (AvgIpc) is 2.50. The van der Waals surface area contributed by atoms with E-state index in [1.165, 1.54) is 11.6 Å². The minimum Gasteiger partial charge on any atom is -0.365 e. The van der Waals surface area contributed by atoms with Crippen LogP contribution < -0.4 is 4.72 Å². The first-order chi connectivity index (χ1) is 10.0. The Morgan fingerprint density at radius 1 is 1.43 bits per heavy atom. The lowest BCUT2D eigenvalue weighted by Crippen LogP contribution is -2.30. The first kappa shape index (κ1) is 16.2. The molecule has 2 aliphatic rings. The van der Waals surface area contributed by atoms with Crippen LogP contribution in [-0.4, -0.2) is 33.0 Å². The summed E-state index contributed by atoms with van der Waals surface area (Å²) in [5, 5.41) is 9.12. The Kier molecular flexibility index (Phi) is 5.52. The van der Waals surface area contributed by atoms with Crippen LogP contribution in [0.5, 0.6) is 0 Å². The molecule has 0 aromatic rings. The van der Waals surface area contributed by atoms with E-state index in [4.69, 9.17) is 9.84 Å². The van der Waals surface area contributed by atoms with Crippen molar-refractivity contribution in [3.63, 3.8) is 0 Å². The summed E-state index contributed by atoms with van der Waals surface area (Å²) in [6.07, 6.45) is 9.41. The van der Waals surface area contributed by atoms with Gasteiger partial charge in [-0.25, -0.2) is 13.1 Å². The van der Waals surface area contributed by atoms with E-state index in [9.17, 15) is 8.42 Å². The molecular weight excluding hydrogens is 290 g/mol. The van der Waals surface area contributed by atoms with E-state index in [2.05, 4.69) is 17.4 Å². The molecule has 116 valence electrons. The molecule has 0 spiro atoms. The summed E-state index contributed by atoms with van der Waals surface area (Å²) < 4.78 is 31.8. The van der Waals surface area contributed by atoms with Crippen molar-refractivity contribution in [3.05, 3.63) is 46.9 Å². The summed E-state index contributed by atoms with van der Waals surface area (Å²) in [7, 11) is -3.48. The Bertz CT molecular complexity index is 587. The molecule has 0 unspecified atom stereocenters. The van der Waals surface area contributed by atoms with E-state index in [0.717, 1.165) is 24.8 Å². The maximum Gasteiger partial charge on any atom is 0.236 e. The third kappa shape index (κ3) is 4.38. The smallest absolute Gasteiger partial charge is 0.236 e. The molecule has 21 heavy (non-hydrogen) atoms. The monoisotopic (exact) mass is 311 g/mol. The SMILES string of the molecule is C=C[C@@H](O)OCCNS(=O)(=O)C1=CC2=C(CCC=C2)CC1. The number of ether oxygens (including phenoxy) is 1. The number of rotatable bonds is 7. The molecule has 0 radical (unpaired) electrons. The van der Waals surface area contributed by atoms with Gasteiger partial charge in [0.05, 0.1) is 11.5 Å². The van der Waals surface area contributed by atoms with Crippen LogP contribution in [0.2, 0.25) is 0 Å². The average molecular weight is 311 g/mol. The quantitative estimate of drug-likeness (QED) is 0.427. The van der Waals surface area contributed by atoms with Crippen molar-refractivity contribution < 1.29 is 18.3 Å². The Labute approximate surface area is 125 Å². The normalized spacial score (nSPS) is 20.0. The van der Waals surface area contributed by atoms with Crippen LogP contribution in [0.15, 0.2) is 46.9 Å². The van der Waals surface area contributed by atoms with Gasteiger partial charge in [0.2, 0.25) is 10.0 Å². The minimum atomic E-state index is -3.48. The molecule has 6 heteroatoms. The van der Waals surface area contributed by atoms with Gasteiger partial charge in [0.15, 0.2) is 6.29 Å². The molecule has 0 saturated heterocycles. The standard InChI is InChI=1S/C15H21NO4S/c1-2-15(17)20-10-9-16-21(18,19)14-8-7-12-5-3-4-6-13(12)11-14/h2,4,6,11,15-17H,1,3,5,7-10H2/t15-/m0/s1. The van der Waals surface area contributed by atoms with Gasteiger partial charge in [-0.3, -0.25) is 0 Å². The van der Waals surface area contributed by atoms with Crippen molar-refractivity contribution in [1.82, 2.24) is 4.72 Å². The summed E-state index contributed by atoms with van der Waals surface area (Å²) in [4.78, 5) is 0.414. The van der Waals surface area contributed by atoms with Crippen molar-refractivity contribution in [2.24, 2.45) is 0 Å². The van der Waals surface area contributed by atoms with Crippen molar-refractivity contribution in [2.45, 2.75) is 32.0 Å². The highest BCUT2D eigenvalue weighted by atomic mass is 32.2. The van der Waals surface area contributed by atoms with E-state index in [1.807, 2.05) is 6.08 Å². The number of nitrogens with one attached hydrogen (secondary N) is 1. The first-order valence-corrected chi connectivity index (χ1v) is 8.52. The lowest BCUT2D eigenvalue weighted by atomic mass is 9.90. The second kappa shape index (κ2) is 7.17. The number of aliphatic hydroxyl groups excluding tert-OH is 1. The molecule has 0 bridgehead atoms. The molecule has 0 amide bonds. The number of allylic oxidation sites excluding steroid dienone is 6. The highest BCUT2D eigenvalue weighted by Crippen LogP contribution is 2.32. The van der Waals surface area contributed by atoms with Gasteiger partial charge < -0.3 is 9.84 Å². The van der Waals surface area contributed by atoms with E-state index in [-0.39, 0.29) is 13.2 Å². The molecule has 5 nitrogen and oxygen atoms in total. The van der Waals surface area contributed by atoms with Crippen LogP contribution in [-0.2, 0) is 14.8 Å². The van der Waals surface area contributed by atoms with Crippen LogP contribution in [0.25, 0.3) is 0 Å². The maximum absolute atomic E-state index is 12.2. The number of hydrogen-bond acceptors (Lipinski definition) is 4. The van der Waals surface area contributed by atoms with Gasteiger partial charge in [0, 0.05) is 6.54 Å². The zero-order valence-electron chi connectivity index (χ0n) is 11.9. The highest BCUT2D eigenvalue weighted by Gasteiger charge is 2.22. The number of aliphatic hydroxyl groups is 1. The molecule has 0 saturated carbocycles. The van der Waals surface area contributed by atoms with E-state index >= 15 is 0 Å². The largest absolute Gasteiger partial charge is 0.365 e. The summed E-state index contributed by atoms with van der Waals surface area (Å²) in [6, 6.07) is 0. The van der Waals surface area contributed by atoms with Gasteiger partial charge in [0.25, 0.3) is 0 Å². The fraction of sp³-hybridized carbons (Fsp3) is 0.467. The van der Waals surface area contributed by atoms with Gasteiger partial charge in [-0.2, -0.15) is 0 Å². The third-order valence-corrected chi connectivity index (χ3v) is 5.13. The molecule has 2 rings (SSSR count). The van der Waals surface area contributed by atoms with Crippen LogP contribution in [0.4, 0.5) is 0 Å². The number of hydrogen-bond donors (Lipinski definition) is 2. The van der Waals surface area contributed by atoms with Crippen LogP contribution in [0.1, 0.15) is 25.7 Å². The highest BCUT2D eigenvalue weighted by molar-refractivity contribution is 7.93. The van der Waals surface area contributed by atoms with Gasteiger partial charge >= 0.3 is 0 Å². The van der Waals surface area contributed by atoms with Crippen molar-refractivity contribution in [3.8, 4) is 0 Å². The van der Waals surface area contributed by atoms with Gasteiger partial charge in [0.1, 0.15) is 0 Å². The summed E-state index contributed by atoms with van der Waals surface area (Å²) in [5.41, 5.74) is 2.38. The molecule has 2 N–H and O–H groups in total. The lowest BCUT2D eigenvalue weighted by Gasteiger charge is -2.21. The van der Waals surface area contributed by atoms with E-state index < -0.39 is 16.3 Å². The fourth-order valence-electron chi connectivity index (χ4n) is 2.40. The molecule has 2 aliphatic carbocycles. The predicted octanol–water partition coefficient (Wildman–Crippen LogP) is 1.75. The zero-order valence-corrected chi connectivity index (χ0v) is 12.7. The molecule has 0 aliphatic heterocycles. The molecule has 0 aromatic heterocycles. The summed E-state index contributed by atoms with van der Waals surface area (Å²) in [6.45, 7) is 3.57. The van der Waals surface area contributed by atoms with Crippen LogP contribution >= 0.6 is 0 Å². The van der Waals surface area contributed by atoms with Crippen molar-refractivity contribution in [1.29, 1.82) is 0 Å². The Balaban J connectivity index is 1.94. The number of sulfonamides is 1.